The Hall–Kier alpha value is -1.53. The topological polar surface area (TPSA) is 20.3 Å². The van der Waals surface area contributed by atoms with Gasteiger partial charge in [0.05, 0.1) is 17.1 Å². The third-order valence-electron chi connectivity index (χ3n) is 1.86. The molecule has 78 valence electrons. The molecule has 2 nitrogen and oxygen atoms in total. The summed E-state index contributed by atoms with van der Waals surface area (Å²) in [5.74, 6) is 1.31. The van der Waals surface area contributed by atoms with E-state index in [4.69, 9.17) is 18.0 Å². The van der Waals surface area contributed by atoms with Gasteiger partial charge in [0.15, 0.2) is 0 Å². The Labute approximate surface area is 92.6 Å². The Kier molecular flexibility index (Phi) is 3.70. The second kappa shape index (κ2) is 4.81. The molecule has 0 bridgehead atoms. The molecule has 0 radical (unpaired) electrons. The number of terminal acetylenes is 1. The van der Waals surface area contributed by atoms with Crippen molar-refractivity contribution < 1.29 is 9.18 Å². The first-order valence-electron chi connectivity index (χ1n) is 4.21. The Morgan fingerprint density at radius 1 is 1.67 bits per heavy atom. The van der Waals surface area contributed by atoms with E-state index >= 15 is 0 Å². The van der Waals surface area contributed by atoms with Crippen LogP contribution in [0.25, 0.3) is 0 Å². The van der Waals surface area contributed by atoms with Gasteiger partial charge in [-0.05, 0) is 12.1 Å². The molecule has 1 rings (SSSR count). The molecule has 15 heavy (non-hydrogen) atoms. The van der Waals surface area contributed by atoms with Crippen LogP contribution in [0.4, 0.5) is 4.39 Å². The van der Waals surface area contributed by atoms with E-state index < -0.39 is 11.7 Å². The van der Waals surface area contributed by atoms with Gasteiger partial charge in [0.25, 0.3) is 5.91 Å². The SMILES string of the molecule is C#CCN(C)C(=O)c1cccc(F)c1Cl. The fourth-order valence-corrected chi connectivity index (χ4v) is 1.29. The van der Waals surface area contributed by atoms with E-state index in [9.17, 15) is 9.18 Å². The van der Waals surface area contributed by atoms with Crippen molar-refractivity contribution in [2.45, 2.75) is 0 Å². The van der Waals surface area contributed by atoms with Crippen molar-refractivity contribution in [3.63, 3.8) is 0 Å². The van der Waals surface area contributed by atoms with Crippen molar-refractivity contribution in [2.24, 2.45) is 0 Å². The second-order valence-corrected chi connectivity index (χ2v) is 3.34. The van der Waals surface area contributed by atoms with E-state index in [0.29, 0.717) is 0 Å². The standard InChI is InChI=1S/C11H9ClFNO/c1-3-7-14(2)11(15)8-5-4-6-9(13)10(8)12/h1,4-6H,7H2,2H3. The summed E-state index contributed by atoms with van der Waals surface area (Å²) in [6, 6.07) is 4.08. The number of amides is 1. The highest BCUT2D eigenvalue weighted by Gasteiger charge is 2.16. The minimum atomic E-state index is -0.614. The van der Waals surface area contributed by atoms with Gasteiger partial charge in [-0.2, -0.15) is 0 Å². The number of hydrogen-bond donors (Lipinski definition) is 0. The second-order valence-electron chi connectivity index (χ2n) is 2.97. The van der Waals surface area contributed by atoms with Gasteiger partial charge in [-0.1, -0.05) is 23.6 Å². The van der Waals surface area contributed by atoms with Gasteiger partial charge in [0.1, 0.15) is 5.82 Å². The summed E-state index contributed by atoms with van der Waals surface area (Å²) < 4.78 is 13.0. The zero-order valence-electron chi connectivity index (χ0n) is 8.13. The molecule has 1 aromatic rings. The molecular weight excluding hydrogens is 217 g/mol. The lowest BCUT2D eigenvalue weighted by atomic mass is 10.2. The van der Waals surface area contributed by atoms with Crippen molar-refractivity contribution in [3.8, 4) is 12.3 Å². The first kappa shape index (κ1) is 11.5. The van der Waals surface area contributed by atoms with E-state index in [-0.39, 0.29) is 17.1 Å². The van der Waals surface area contributed by atoms with E-state index in [2.05, 4.69) is 5.92 Å². The Bertz CT molecular complexity index is 425. The van der Waals surface area contributed by atoms with Gasteiger partial charge >= 0.3 is 0 Å². The van der Waals surface area contributed by atoms with Crippen molar-refractivity contribution in [1.82, 2.24) is 4.90 Å². The molecule has 0 atom stereocenters. The highest BCUT2D eigenvalue weighted by Crippen LogP contribution is 2.20. The number of hydrogen-bond acceptors (Lipinski definition) is 1. The highest BCUT2D eigenvalue weighted by atomic mass is 35.5. The summed E-state index contributed by atoms with van der Waals surface area (Å²) in [6.07, 6.45) is 5.06. The first-order valence-corrected chi connectivity index (χ1v) is 4.58. The summed E-state index contributed by atoms with van der Waals surface area (Å²) in [5.41, 5.74) is 0.120. The lowest BCUT2D eigenvalue weighted by Crippen LogP contribution is -2.27. The van der Waals surface area contributed by atoms with Crippen LogP contribution in [0.5, 0.6) is 0 Å². The monoisotopic (exact) mass is 225 g/mol. The van der Waals surface area contributed by atoms with Gasteiger partial charge in [0, 0.05) is 7.05 Å². The third kappa shape index (κ3) is 2.48. The molecule has 0 aliphatic carbocycles. The quantitative estimate of drug-likeness (QED) is 0.707. The van der Waals surface area contributed by atoms with Crippen LogP contribution < -0.4 is 0 Å². The molecule has 0 heterocycles. The average Bonchev–Trinajstić information content (AvgIpc) is 2.21. The van der Waals surface area contributed by atoms with Crippen LogP contribution in [-0.2, 0) is 0 Å². The van der Waals surface area contributed by atoms with Crippen molar-refractivity contribution in [2.75, 3.05) is 13.6 Å². The molecule has 0 fully saturated rings. The maximum atomic E-state index is 13.0. The van der Waals surface area contributed by atoms with Crippen molar-refractivity contribution >= 4 is 17.5 Å². The zero-order valence-corrected chi connectivity index (χ0v) is 8.88. The van der Waals surface area contributed by atoms with Crippen molar-refractivity contribution in [1.29, 1.82) is 0 Å². The van der Waals surface area contributed by atoms with Gasteiger partial charge in [0.2, 0.25) is 0 Å². The van der Waals surface area contributed by atoms with E-state index in [1.807, 2.05) is 0 Å². The molecule has 1 aromatic carbocycles. The average molecular weight is 226 g/mol. The summed E-state index contributed by atoms with van der Waals surface area (Å²) in [6.45, 7) is 0.158. The minimum absolute atomic E-state index is 0.120. The van der Waals surface area contributed by atoms with Gasteiger partial charge in [-0.15, -0.1) is 6.42 Å². The van der Waals surface area contributed by atoms with Gasteiger partial charge in [-0.25, -0.2) is 4.39 Å². The Morgan fingerprint density at radius 3 is 2.93 bits per heavy atom. The largest absolute Gasteiger partial charge is 0.331 e. The number of rotatable bonds is 2. The van der Waals surface area contributed by atoms with E-state index in [0.717, 1.165) is 0 Å². The smallest absolute Gasteiger partial charge is 0.256 e. The summed E-state index contributed by atoms with van der Waals surface area (Å²) >= 11 is 5.66. The van der Waals surface area contributed by atoms with Crippen LogP contribution in [0.2, 0.25) is 5.02 Å². The van der Waals surface area contributed by atoms with Crippen LogP contribution in [-0.4, -0.2) is 24.4 Å². The molecule has 4 heteroatoms. The van der Waals surface area contributed by atoms with Crippen LogP contribution >= 0.6 is 11.6 Å². The van der Waals surface area contributed by atoms with Crippen molar-refractivity contribution in [3.05, 3.63) is 34.6 Å². The molecule has 0 unspecified atom stereocenters. The Balaban J connectivity index is 3.02. The number of benzene rings is 1. The van der Waals surface area contributed by atoms with Crippen LogP contribution in [0.15, 0.2) is 18.2 Å². The number of nitrogens with zero attached hydrogens (tertiary/aromatic N) is 1. The lowest BCUT2D eigenvalue weighted by molar-refractivity contribution is 0.0812. The van der Waals surface area contributed by atoms with E-state index in [1.54, 1.807) is 0 Å². The molecule has 0 aromatic heterocycles. The molecule has 1 amide bonds. The predicted molar refractivity (Wildman–Crippen MR) is 57.2 cm³/mol. The number of halogens is 2. The highest BCUT2D eigenvalue weighted by molar-refractivity contribution is 6.33. The predicted octanol–water partition coefficient (Wildman–Crippen LogP) is 2.18. The van der Waals surface area contributed by atoms with Crippen LogP contribution in [0.3, 0.4) is 0 Å². The molecule has 0 saturated carbocycles. The van der Waals surface area contributed by atoms with Gasteiger partial charge in [-0.3, -0.25) is 4.79 Å². The Morgan fingerprint density at radius 2 is 2.33 bits per heavy atom. The maximum Gasteiger partial charge on any atom is 0.256 e. The fraction of sp³-hybridized carbons (Fsp3) is 0.182. The van der Waals surface area contributed by atoms with Crippen LogP contribution in [0, 0.1) is 18.2 Å². The van der Waals surface area contributed by atoms with E-state index in [1.165, 1.54) is 30.1 Å². The van der Waals surface area contributed by atoms with Gasteiger partial charge < -0.3 is 4.90 Å². The number of carbonyl (C=O) groups excluding carboxylic acids is 1. The van der Waals surface area contributed by atoms with Crippen LogP contribution in [0.1, 0.15) is 10.4 Å². The lowest BCUT2D eigenvalue weighted by Gasteiger charge is -2.14. The molecular formula is C11H9ClFNO. The maximum absolute atomic E-state index is 13.0. The molecule has 0 aliphatic rings. The normalized spacial score (nSPS) is 9.47. The molecule has 0 N–H and O–H groups in total. The molecule has 0 spiro atoms. The molecule has 0 saturated heterocycles. The minimum Gasteiger partial charge on any atom is -0.331 e. The number of carbonyl (C=O) groups is 1. The zero-order chi connectivity index (χ0) is 11.4. The fourth-order valence-electron chi connectivity index (χ4n) is 1.08. The first-order chi connectivity index (χ1) is 7.07. The summed E-state index contributed by atoms with van der Waals surface area (Å²) in [4.78, 5) is 13.0. The molecule has 0 aliphatic heterocycles. The third-order valence-corrected chi connectivity index (χ3v) is 2.24. The summed E-state index contributed by atoms with van der Waals surface area (Å²) in [5, 5.41) is -0.175. The summed E-state index contributed by atoms with van der Waals surface area (Å²) in [7, 11) is 1.53.